The third-order valence-electron chi connectivity index (χ3n) is 3.78. The van der Waals surface area contributed by atoms with Crippen molar-refractivity contribution in [2.45, 2.75) is 51.2 Å². The van der Waals surface area contributed by atoms with Crippen LogP contribution in [0, 0.1) is 13.8 Å². The van der Waals surface area contributed by atoms with Crippen molar-refractivity contribution < 1.29 is 4.79 Å². The number of rotatable bonds is 4. The Labute approximate surface area is 119 Å². The average Bonchev–Trinajstić information content (AvgIpc) is 2.64. The van der Waals surface area contributed by atoms with Gasteiger partial charge in [0, 0.05) is 12.3 Å². The number of nitrogens with one attached hydrogen (secondary N) is 1. The van der Waals surface area contributed by atoms with Crippen molar-refractivity contribution in [2.24, 2.45) is 7.05 Å². The van der Waals surface area contributed by atoms with Crippen LogP contribution in [0.4, 0.5) is 5.69 Å². The molecule has 1 fully saturated rings. The lowest BCUT2D eigenvalue weighted by atomic mass is 10.0. The van der Waals surface area contributed by atoms with Gasteiger partial charge in [-0.2, -0.15) is 5.10 Å². The predicted molar refractivity (Wildman–Crippen MR) is 80.6 cm³/mol. The highest BCUT2D eigenvalue weighted by molar-refractivity contribution is 8.00. The zero-order valence-electron chi connectivity index (χ0n) is 12.0. The molecule has 0 atom stereocenters. The summed E-state index contributed by atoms with van der Waals surface area (Å²) in [5.41, 5.74) is 2.77. The Morgan fingerprint density at radius 2 is 2.05 bits per heavy atom. The molecule has 0 unspecified atom stereocenters. The van der Waals surface area contributed by atoms with E-state index in [2.05, 4.69) is 10.4 Å². The summed E-state index contributed by atoms with van der Waals surface area (Å²) in [6.45, 7) is 3.90. The number of aryl methyl sites for hydroxylation is 2. The topological polar surface area (TPSA) is 46.9 Å². The molecule has 1 amide bonds. The maximum Gasteiger partial charge on any atom is 0.234 e. The van der Waals surface area contributed by atoms with Crippen LogP contribution in [0.5, 0.6) is 0 Å². The van der Waals surface area contributed by atoms with Gasteiger partial charge in [0.2, 0.25) is 5.91 Å². The third-order valence-corrected chi connectivity index (χ3v) is 5.15. The maximum atomic E-state index is 12.0. The molecule has 0 radical (unpaired) electrons. The number of anilines is 1. The first-order chi connectivity index (χ1) is 9.08. The number of carbonyl (C=O) groups excluding carboxylic acids is 1. The Kier molecular flexibility index (Phi) is 4.91. The van der Waals surface area contributed by atoms with Crippen molar-refractivity contribution in [3.05, 3.63) is 11.4 Å². The highest BCUT2D eigenvalue weighted by Crippen LogP contribution is 2.28. The number of amides is 1. The number of hydrogen-bond donors (Lipinski definition) is 1. The van der Waals surface area contributed by atoms with Gasteiger partial charge in [-0.25, -0.2) is 0 Å². The minimum absolute atomic E-state index is 0.0924. The Morgan fingerprint density at radius 1 is 1.37 bits per heavy atom. The minimum Gasteiger partial charge on any atom is -0.322 e. The van der Waals surface area contributed by atoms with Crippen LogP contribution in [0.15, 0.2) is 0 Å². The summed E-state index contributed by atoms with van der Waals surface area (Å²) < 4.78 is 1.80. The van der Waals surface area contributed by atoms with Crippen molar-refractivity contribution in [3.8, 4) is 0 Å². The van der Waals surface area contributed by atoms with E-state index in [-0.39, 0.29) is 5.91 Å². The summed E-state index contributed by atoms with van der Waals surface area (Å²) in [4.78, 5) is 12.0. The van der Waals surface area contributed by atoms with E-state index in [1.807, 2.05) is 20.9 Å². The summed E-state index contributed by atoms with van der Waals surface area (Å²) in [7, 11) is 1.90. The van der Waals surface area contributed by atoms with Crippen molar-refractivity contribution in [3.63, 3.8) is 0 Å². The zero-order chi connectivity index (χ0) is 13.8. The van der Waals surface area contributed by atoms with Crippen LogP contribution in [0.3, 0.4) is 0 Å². The number of thioether (sulfide) groups is 1. The number of aromatic nitrogens is 2. The maximum absolute atomic E-state index is 12.0. The largest absolute Gasteiger partial charge is 0.322 e. The van der Waals surface area contributed by atoms with Crippen LogP contribution in [-0.4, -0.2) is 26.7 Å². The predicted octanol–water partition coefficient (Wildman–Crippen LogP) is 3.04. The summed E-state index contributed by atoms with van der Waals surface area (Å²) in [5, 5.41) is 7.98. The van der Waals surface area contributed by atoms with Crippen LogP contribution in [0.2, 0.25) is 0 Å². The van der Waals surface area contributed by atoms with Crippen LogP contribution in [-0.2, 0) is 11.8 Å². The molecule has 0 spiro atoms. The molecule has 106 valence electrons. The first kappa shape index (κ1) is 14.4. The molecule has 0 bridgehead atoms. The van der Waals surface area contributed by atoms with Gasteiger partial charge in [-0.3, -0.25) is 9.48 Å². The fourth-order valence-electron chi connectivity index (χ4n) is 2.56. The van der Waals surface area contributed by atoms with Crippen molar-refractivity contribution in [2.75, 3.05) is 11.1 Å². The van der Waals surface area contributed by atoms with Crippen LogP contribution in [0.1, 0.15) is 43.5 Å². The van der Waals surface area contributed by atoms with Gasteiger partial charge in [0.15, 0.2) is 0 Å². The normalized spacial score (nSPS) is 16.6. The van der Waals surface area contributed by atoms with E-state index >= 15 is 0 Å². The summed E-state index contributed by atoms with van der Waals surface area (Å²) in [6.07, 6.45) is 6.53. The van der Waals surface area contributed by atoms with E-state index in [0.717, 1.165) is 17.1 Å². The fraction of sp³-hybridized carbons (Fsp3) is 0.714. The second-order valence-electron chi connectivity index (χ2n) is 5.29. The number of nitrogens with zero attached hydrogens (tertiary/aromatic N) is 2. The van der Waals surface area contributed by atoms with E-state index < -0.39 is 0 Å². The SMILES string of the molecule is Cc1nn(C)c(C)c1NC(=O)CSC1CCCCC1. The van der Waals surface area contributed by atoms with E-state index in [1.54, 1.807) is 16.4 Å². The second-order valence-corrected chi connectivity index (χ2v) is 6.58. The first-order valence-electron chi connectivity index (χ1n) is 6.99. The van der Waals surface area contributed by atoms with E-state index in [0.29, 0.717) is 11.0 Å². The molecule has 5 heteroatoms. The molecule has 1 aromatic heterocycles. The molecule has 0 aromatic carbocycles. The fourth-order valence-corrected chi connectivity index (χ4v) is 3.68. The van der Waals surface area contributed by atoms with E-state index in [1.165, 1.54) is 32.1 Å². The van der Waals surface area contributed by atoms with Gasteiger partial charge in [0.05, 0.1) is 22.8 Å². The zero-order valence-corrected chi connectivity index (χ0v) is 12.8. The van der Waals surface area contributed by atoms with Gasteiger partial charge < -0.3 is 5.32 Å². The lowest BCUT2D eigenvalue weighted by Crippen LogP contribution is -2.18. The van der Waals surface area contributed by atoms with Crippen LogP contribution >= 0.6 is 11.8 Å². The van der Waals surface area contributed by atoms with Gasteiger partial charge >= 0.3 is 0 Å². The molecule has 1 aromatic rings. The molecular formula is C14H23N3OS. The van der Waals surface area contributed by atoms with Crippen molar-refractivity contribution >= 4 is 23.4 Å². The van der Waals surface area contributed by atoms with Gasteiger partial charge in [0.25, 0.3) is 0 Å². The minimum atomic E-state index is 0.0924. The smallest absolute Gasteiger partial charge is 0.234 e. The lowest BCUT2D eigenvalue weighted by Gasteiger charge is -2.20. The molecule has 1 aliphatic carbocycles. The molecular weight excluding hydrogens is 258 g/mol. The molecule has 0 aliphatic heterocycles. The first-order valence-corrected chi connectivity index (χ1v) is 8.04. The van der Waals surface area contributed by atoms with Crippen LogP contribution < -0.4 is 5.32 Å². The molecule has 1 aliphatic rings. The van der Waals surface area contributed by atoms with Crippen molar-refractivity contribution in [1.29, 1.82) is 0 Å². The summed E-state index contributed by atoms with van der Waals surface area (Å²) in [6, 6.07) is 0. The molecule has 1 N–H and O–H groups in total. The number of hydrogen-bond acceptors (Lipinski definition) is 3. The van der Waals surface area contributed by atoms with E-state index in [9.17, 15) is 4.79 Å². The van der Waals surface area contributed by atoms with Gasteiger partial charge in [-0.05, 0) is 26.7 Å². The Morgan fingerprint density at radius 3 is 2.63 bits per heavy atom. The Hall–Kier alpha value is -0.970. The second kappa shape index (κ2) is 6.46. The van der Waals surface area contributed by atoms with Crippen molar-refractivity contribution in [1.82, 2.24) is 9.78 Å². The lowest BCUT2D eigenvalue weighted by molar-refractivity contribution is -0.113. The average molecular weight is 281 g/mol. The molecule has 4 nitrogen and oxygen atoms in total. The molecule has 2 rings (SSSR count). The van der Waals surface area contributed by atoms with Gasteiger partial charge in [-0.1, -0.05) is 19.3 Å². The highest BCUT2D eigenvalue weighted by Gasteiger charge is 2.17. The molecule has 19 heavy (non-hydrogen) atoms. The highest BCUT2D eigenvalue weighted by atomic mass is 32.2. The standard InChI is InChI=1S/C14H23N3OS/c1-10-14(11(2)17(3)16-10)15-13(18)9-19-12-7-5-4-6-8-12/h12H,4-9H2,1-3H3,(H,15,18). The quantitative estimate of drug-likeness (QED) is 0.922. The summed E-state index contributed by atoms with van der Waals surface area (Å²) >= 11 is 1.80. The Balaban J connectivity index is 1.83. The summed E-state index contributed by atoms with van der Waals surface area (Å²) in [5.74, 6) is 0.646. The monoisotopic (exact) mass is 281 g/mol. The molecule has 1 heterocycles. The van der Waals surface area contributed by atoms with Crippen LogP contribution in [0.25, 0.3) is 0 Å². The van der Waals surface area contributed by atoms with Gasteiger partial charge in [0.1, 0.15) is 0 Å². The molecule has 1 saturated carbocycles. The third kappa shape index (κ3) is 3.75. The molecule has 0 saturated heterocycles. The van der Waals surface area contributed by atoms with E-state index in [4.69, 9.17) is 0 Å². The Bertz CT molecular complexity index is 450. The number of carbonyl (C=O) groups is 1. The van der Waals surface area contributed by atoms with Gasteiger partial charge in [-0.15, -0.1) is 11.8 Å².